The first kappa shape index (κ1) is 13.8. The van der Waals surface area contributed by atoms with Crippen LogP contribution in [0.2, 0.25) is 0 Å². The van der Waals surface area contributed by atoms with E-state index < -0.39 is 0 Å². The molecule has 0 aliphatic heterocycles. The largest absolute Gasteiger partial charge is 0.444 e. The van der Waals surface area contributed by atoms with E-state index in [2.05, 4.69) is 27.9 Å². The Morgan fingerprint density at radius 2 is 2.14 bits per heavy atom. The van der Waals surface area contributed by atoms with Gasteiger partial charge in [-0.15, -0.1) is 0 Å². The number of oxazole rings is 1. The molecule has 0 aliphatic carbocycles. The Labute approximate surface area is 124 Å². The minimum Gasteiger partial charge on any atom is -0.444 e. The molecule has 21 heavy (non-hydrogen) atoms. The summed E-state index contributed by atoms with van der Waals surface area (Å²) in [4.78, 5) is 8.96. The number of nitrogens with zero attached hydrogens (tertiary/aromatic N) is 3. The van der Waals surface area contributed by atoms with E-state index in [1.54, 1.807) is 6.20 Å². The molecule has 0 aliphatic rings. The quantitative estimate of drug-likeness (QED) is 0.781. The predicted molar refractivity (Wildman–Crippen MR) is 81.9 cm³/mol. The van der Waals surface area contributed by atoms with Crippen molar-refractivity contribution >= 4 is 11.0 Å². The number of fused-ring (bicyclic) bond motifs is 1. The molecule has 3 rings (SSSR count). The molecule has 5 heteroatoms. The number of rotatable bonds is 5. The lowest BCUT2D eigenvalue weighted by Gasteiger charge is -2.11. The molecule has 0 saturated heterocycles. The van der Waals surface area contributed by atoms with Crippen LogP contribution in [0.5, 0.6) is 0 Å². The lowest BCUT2D eigenvalue weighted by molar-refractivity contribution is 0.398. The van der Waals surface area contributed by atoms with Gasteiger partial charge in [0.2, 0.25) is 5.89 Å². The van der Waals surface area contributed by atoms with Crippen molar-refractivity contribution in [3.63, 3.8) is 0 Å². The number of hydrogen-bond donors (Lipinski definition) is 1. The zero-order valence-electron chi connectivity index (χ0n) is 12.6. The van der Waals surface area contributed by atoms with Crippen molar-refractivity contribution in [3.05, 3.63) is 47.9 Å². The van der Waals surface area contributed by atoms with Crippen molar-refractivity contribution in [2.75, 3.05) is 0 Å². The number of aromatic nitrogens is 3. The van der Waals surface area contributed by atoms with Crippen molar-refractivity contribution in [2.45, 2.75) is 39.9 Å². The molecule has 1 atom stereocenters. The third-order valence-electron chi connectivity index (χ3n) is 3.63. The standard InChI is InChI=1S/C16H20N4O/c1-4-20-14-8-6-5-7-13(14)19-15(20)10-17-12(3)16-18-9-11(2)21-16/h5-9,12,17H,4,10H2,1-3H3. The first-order chi connectivity index (χ1) is 10.2. The van der Waals surface area contributed by atoms with Gasteiger partial charge in [-0.3, -0.25) is 5.32 Å². The molecule has 0 fully saturated rings. The average Bonchev–Trinajstić information content (AvgIpc) is 3.07. The van der Waals surface area contributed by atoms with Gasteiger partial charge in [0, 0.05) is 6.54 Å². The number of para-hydroxylation sites is 2. The summed E-state index contributed by atoms with van der Waals surface area (Å²) in [5.41, 5.74) is 2.21. The van der Waals surface area contributed by atoms with Crippen LogP contribution in [0.1, 0.15) is 37.4 Å². The lowest BCUT2D eigenvalue weighted by atomic mass is 10.3. The lowest BCUT2D eigenvalue weighted by Crippen LogP contribution is -2.20. The van der Waals surface area contributed by atoms with Crippen molar-refractivity contribution in [2.24, 2.45) is 0 Å². The molecular weight excluding hydrogens is 264 g/mol. The van der Waals surface area contributed by atoms with Crippen LogP contribution in [0.15, 0.2) is 34.9 Å². The van der Waals surface area contributed by atoms with Crippen LogP contribution in [0.3, 0.4) is 0 Å². The smallest absolute Gasteiger partial charge is 0.211 e. The van der Waals surface area contributed by atoms with Gasteiger partial charge in [0.05, 0.1) is 29.8 Å². The topological polar surface area (TPSA) is 55.9 Å². The third-order valence-corrected chi connectivity index (χ3v) is 3.63. The Morgan fingerprint density at radius 3 is 2.86 bits per heavy atom. The van der Waals surface area contributed by atoms with Gasteiger partial charge in [-0.25, -0.2) is 9.97 Å². The summed E-state index contributed by atoms with van der Waals surface area (Å²) < 4.78 is 7.78. The number of aryl methyl sites for hydroxylation is 2. The van der Waals surface area contributed by atoms with Crippen molar-refractivity contribution in [1.29, 1.82) is 0 Å². The van der Waals surface area contributed by atoms with Gasteiger partial charge in [-0.1, -0.05) is 12.1 Å². The first-order valence-electron chi connectivity index (χ1n) is 7.29. The molecule has 3 aromatic rings. The zero-order valence-corrected chi connectivity index (χ0v) is 12.6. The van der Waals surface area contributed by atoms with Crippen LogP contribution in [-0.4, -0.2) is 14.5 Å². The summed E-state index contributed by atoms with van der Waals surface area (Å²) in [7, 11) is 0. The minimum atomic E-state index is 0.0591. The highest BCUT2D eigenvalue weighted by molar-refractivity contribution is 5.75. The third kappa shape index (κ3) is 2.69. The van der Waals surface area contributed by atoms with Crippen LogP contribution in [0.25, 0.3) is 11.0 Å². The van der Waals surface area contributed by atoms with Gasteiger partial charge in [-0.05, 0) is 32.9 Å². The van der Waals surface area contributed by atoms with E-state index in [4.69, 9.17) is 9.40 Å². The Bertz CT molecular complexity index is 744. The maximum absolute atomic E-state index is 5.55. The molecule has 110 valence electrons. The summed E-state index contributed by atoms with van der Waals surface area (Å²) in [6, 6.07) is 8.28. The highest BCUT2D eigenvalue weighted by atomic mass is 16.4. The van der Waals surface area contributed by atoms with E-state index in [0.29, 0.717) is 12.4 Å². The molecule has 2 heterocycles. The van der Waals surface area contributed by atoms with Gasteiger partial charge >= 0.3 is 0 Å². The van der Waals surface area contributed by atoms with E-state index in [-0.39, 0.29) is 6.04 Å². The van der Waals surface area contributed by atoms with E-state index in [1.807, 2.05) is 32.0 Å². The summed E-state index contributed by atoms with van der Waals surface area (Å²) in [6.07, 6.45) is 1.74. The minimum absolute atomic E-state index is 0.0591. The number of hydrogen-bond acceptors (Lipinski definition) is 4. The molecule has 1 aromatic carbocycles. The molecule has 1 unspecified atom stereocenters. The number of benzene rings is 1. The summed E-state index contributed by atoms with van der Waals surface area (Å²) >= 11 is 0. The Morgan fingerprint density at radius 1 is 1.33 bits per heavy atom. The Balaban J connectivity index is 1.78. The fourth-order valence-corrected chi connectivity index (χ4v) is 2.52. The van der Waals surface area contributed by atoms with Gasteiger partial charge < -0.3 is 8.98 Å². The van der Waals surface area contributed by atoms with Crippen molar-refractivity contribution < 1.29 is 4.42 Å². The highest BCUT2D eigenvalue weighted by Gasteiger charge is 2.13. The molecular formula is C16H20N4O. The normalized spacial score (nSPS) is 12.9. The maximum Gasteiger partial charge on any atom is 0.211 e. The Kier molecular flexibility index (Phi) is 3.75. The molecule has 5 nitrogen and oxygen atoms in total. The van der Waals surface area contributed by atoms with Gasteiger partial charge in [0.25, 0.3) is 0 Å². The summed E-state index contributed by atoms with van der Waals surface area (Å²) in [5.74, 6) is 2.58. The SMILES string of the molecule is CCn1c(CNC(C)c2ncc(C)o2)nc2ccccc21. The van der Waals surface area contributed by atoms with Gasteiger partial charge in [-0.2, -0.15) is 0 Å². The average molecular weight is 284 g/mol. The van der Waals surface area contributed by atoms with Crippen LogP contribution in [-0.2, 0) is 13.1 Å². The molecule has 1 N–H and O–H groups in total. The molecule has 0 bridgehead atoms. The highest BCUT2D eigenvalue weighted by Crippen LogP contribution is 2.17. The molecule has 0 radical (unpaired) electrons. The first-order valence-corrected chi connectivity index (χ1v) is 7.29. The van der Waals surface area contributed by atoms with Crippen molar-refractivity contribution in [1.82, 2.24) is 19.9 Å². The second-order valence-electron chi connectivity index (χ2n) is 5.17. The van der Waals surface area contributed by atoms with Crippen LogP contribution >= 0.6 is 0 Å². The zero-order chi connectivity index (χ0) is 14.8. The molecule has 2 aromatic heterocycles. The number of imidazole rings is 1. The molecule has 0 spiro atoms. The van der Waals surface area contributed by atoms with Crippen LogP contribution < -0.4 is 5.32 Å². The molecule has 0 amide bonds. The van der Waals surface area contributed by atoms with E-state index >= 15 is 0 Å². The van der Waals surface area contributed by atoms with E-state index in [1.165, 1.54) is 5.52 Å². The van der Waals surface area contributed by atoms with E-state index in [9.17, 15) is 0 Å². The second kappa shape index (κ2) is 5.69. The molecule has 0 saturated carbocycles. The van der Waals surface area contributed by atoms with Crippen LogP contribution in [0, 0.1) is 6.92 Å². The van der Waals surface area contributed by atoms with Crippen LogP contribution in [0.4, 0.5) is 0 Å². The fourth-order valence-electron chi connectivity index (χ4n) is 2.52. The predicted octanol–water partition coefficient (Wildman–Crippen LogP) is 3.20. The van der Waals surface area contributed by atoms with Gasteiger partial charge in [0.1, 0.15) is 11.6 Å². The Hall–Kier alpha value is -2.14. The fraction of sp³-hybridized carbons (Fsp3) is 0.375. The van der Waals surface area contributed by atoms with Crippen molar-refractivity contribution in [3.8, 4) is 0 Å². The summed E-state index contributed by atoms with van der Waals surface area (Å²) in [5, 5.41) is 3.42. The van der Waals surface area contributed by atoms with Gasteiger partial charge in [0.15, 0.2) is 0 Å². The maximum atomic E-state index is 5.55. The summed E-state index contributed by atoms with van der Waals surface area (Å²) in [6.45, 7) is 7.68. The van der Waals surface area contributed by atoms with E-state index in [0.717, 1.165) is 23.6 Å². The second-order valence-corrected chi connectivity index (χ2v) is 5.17. The number of nitrogens with one attached hydrogen (secondary N) is 1. The monoisotopic (exact) mass is 284 g/mol.